The minimum absolute atomic E-state index is 0.0662. The van der Waals surface area contributed by atoms with E-state index in [4.69, 9.17) is 4.98 Å². The van der Waals surface area contributed by atoms with Gasteiger partial charge in [-0.1, -0.05) is 25.3 Å². The Balaban J connectivity index is 1.61. The summed E-state index contributed by atoms with van der Waals surface area (Å²) in [6.45, 7) is 4.64. The van der Waals surface area contributed by atoms with Crippen LogP contribution in [0.15, 0.2) is 36.3 Å². The second-order valence-electron chi connectivity index (χ2n) is 9.48. The van der Waals surface area contributed by atoms with Gasteiger partial charge in [-0.3, -0.25) is 0 Å². The highest BCUT2D eigenvalue weighted by molar-refractivity contribution is 5.70. The molecular weight excluding hydrogens is 486 g/mol. The summed E-state index contributed by atoms with van der Waals surface area (Å²) in [5.41, 5.74) is -0.197. The molecule has 1 aliphatic carbocycles. The van der Waals surface area contributed by atoms with Gasteiger partial charge in [0, 0.05) is 51.0 Å². The molecular formula is C26H33F4N7. The average molecular weight is 520 g/mol. The molecule has 2 aliphatic rings. The molecule has 0 N–H and O–H groups in total. The largest absolute Gasteiger partial charge is 0.419 e. The first kappa shape index (κ1) is 26.8. The summed E-state index contributed by atoms with van der Waals surface area (Å²) in [4.78, 5) is 23.8. The molecule has 1 saturated carbocycles. The zero-order valence-electron chi connectivity index (χ0n) is 21.5. The number of nitrogens with zero attached hydrogens (tertiary/aromatic N) is 7. The van der Waals surface area contributed by atoms with Crippen molar-refractivity contribution in [1.82, 2.24) is 19.9 Å². The van der Waals surface area contributed by atoms with Gasteiger partial charge in [-0.05, 0) is 44.9 Å². The van der Waals surface area contributed by atoms with Crippen molar-refractivity contribution in [3.05, 3.63) is 47.7 Å². The summed E-state index contributed by atoms with van der Waals surface area (Å²) in [7, 11) is 1.97. The van der Waals surface area contributed by atoms with E-state index in [1.807, 2.05) is 11.9 Å². The van der Waals surface area contributed by atoms with Crippen molar-refractivity contribution >= 4 is 23.3 Å². The number of rotatable bonds is 6. The Morgan fingerprint density at radius 1 is 1.03 bits per heavy atom. The first-order valence-corrected chi connectivity index (χ1v) is 12.7. The Hall–Kier alpha value is -3.24. The molecule has 4 rings (SSSR count). The normalized spacial score (nSPS) is 18.4. The van der Waals surface area contributed by atoms with Gasteiger partial charge < -0.3 is 14.7 Å². The molecule has 0 spiro atoms. The van der Waals surface area contributed by atoms with E-state index in [-0.39, 0.29) is 11.6 Å². The summed E-state index contributed by atoms with van der Waals surface area (Å²) in [6.07, 6.45) is 5.67. The monoisotopic (exact) mass is 519 g/mol. The molecule has 0 aromatic carbocycles. The van der Waals surface area contributed by atoms with Gasteiger partial charge in [-0.25, -0.2) is 9.37 Å². The zero-order valence-corrected chi connectivity index (χ0v) is 21.5. The van der Waals surface area contributed by atoms with Crippen LogP contribution in [0.4, 0.5) is 35.3 Å². The Bertz CT molecular complexity index is 1130. The highest BCUT2D eigenvalue weighted by atomic mass is 19.4. The maximum absolute atomic E-state index is 13.8. The van der Waals surface area contributed by atoms with Crippen LogP contribution in [0.5, 0.6) is 0 Å². The highest BCUT2D eigenvalue weighted by Gasteiger charge is 2.36. The molecule has 0 radical (unpaired) electrons. The van der Waals surface area contributed by atoms with Crippen molar-refractivity contribution in [2.45, 2.75) is 58.2 Å². The van der Waals surface area contributed by atoms with Gasteiger partial charge in [-0.15, -0.1) is 0 Å². The third-order valence-corrected chi connectivity index (χ3v) is 6.93. The lowest BCUT2D eigenvalue weighted by atomic mass is 9.95. The van der Waals surface area contributed by atoms with Crippen molar-refractivity contribution in [2.24, 2.45) is 0 Å². The van der Waals surface area contributed by atoms with E-state index in [2.05, 4.69) is 19.9 Å². The Labute approximate surface area is 214 Å². The number of halogens is 4. The van der Waals surface area contributed by atoms with E-state index in [1.54, 1.807) is 17.9 Å². The summed E-state index contributed by atoms with van der Waals surface area (Å²) < 4.78 is 54.3. The topological polar surface area (TPSA) is 61.3 Å². The highest BCUT2D eigenvalue weighted by Crippen LogP contribution is 2.35. The predicted octanol–water partition coefficient (Wildman–Crippen LogP) is 5.66. The van der Waals surface area contributed by atoms with Gasteiger partial charge in [0.2, 0.25) is 11.9 Å². The number of anilines is 3. The first-order valence-electron chi connectivity index (χ1n) is 12.7. The molecule has 1 aliphatic heterocycles. The molecule has 1 saturated heterocycles. The van der Waals surface area contributed by atoms with Crippen LogP contribution < -0.4 is 14.7 Å². The van der Waals surface area contributed by atoms with Crippen LogP contribution in [0, 0.1) is 0 Å². The molecule has 200 valence electrons. The maximum Gasteiger partial charge on any atom is 0.419 e. The number of alkyl halides is 3. The molecule has 2 aromatic rings. The summed E-state index contributed by atoms with van der Waals surface area (Å²) in [5, 5.41) is 0. The maximum atomic E-state index is 13.8. The lowest BCUT2D eigenvalue weighted by molar-refractivity contribution is -0.137. The van der Waals surface area contributed by atoms with Crippen LogP contribution in [0.3, 0.4) is 0 Å². The second-order valence-corrected chi connectivity index (χ2v) is 9.48. The third-order valence-electron chi connectivity index (χ3n) is 6.93. The number of hydrogen-bond donors (Lipinski definition) is 0. The Morgan fingerprint density at radius 3 is 2.32 bits per heavy atom. The average Bonchev–Trinajstić information content (AvgIpc) is 2.91. The van der Waals surface area contributed by atoms with E-state index in [0.717, 1.165) is 31.7 Å². The van der Waals surface area contributed by atoms with Crippen LogP contribution in [-0.4, -0.2) is 59.2 Å². The van der Waals surface area contributed by atoms with E-state index in [9.17, 15) is 17.6 Å². The smallest absolute Gasteiger partial charge is 0.353 e. The molecule has 0 amide bonds. The van der Waals surface area contributed by atoms with Crippen molar-refractivity contribution in [2.75, 3.05) is 47.9 Å². The molecule has 11 heteroatoms. The molecule has 7 nitrogen and oxygen atoms in total. The van der Waals surface area contributed by atoms with Gasteiger partial charge in [0.1, 0.15) is 5.82 Å². The van der Waals surface area contributed by atoms with Gasteiger partial charge in [-0.2, -0.15) is 28.1 Å². The number of pyridine rings is 1. The van der Waals surface area contributed by atoms with Crippen LogP contribution in [0.2, 0.25) is 0 Å². The fraction of sp³-hybridized carbons (Fsp3) is 0.538. The fourth-order valence-electron chi connectivity index (χ4n) is 4.89. The zero-order chi connectivity index (χ0) is 26.6. The quantitative estimate of drug-likeness (QED) is 0.361. The first-order chi connectivity index (χ1) is 17.7. The van der Waals surface area contributed by atoms with Crippen LogP contribution in [0.25, 0.3) is 5.57 Å². The number of hydrogen-bond acceptors (Lipinski definition) is 7. The minimum Gasteiger partial charge on any atom is -0.353 e. The fourth-order valence-corrected chi connectivity index (χ4v) is 4.89. The van der Waals surface area contributed by atoms with Crippen molar-refractivity contribution in [3.8, 4) is 0 Å². The lowest BCUT2D eigenvalue weighted by Gasteiger charge is -2.37. The SMILES string of the molecule is C/C=C(\C=C(/C)F)c1nc(N2CCN(c3ncccc3C(F)(F)F)CC2)nc(N(C)C2CCCCC2)n1. The van der Waals surface area contributed by atoms with Crippen molar-refractivity contribution < 1.29 is 17.6 Å². The van der Waals surface area contributed by atoms with Crippen LogP contribution in [-0.2, 0) is 6.18 Å². The second kappa shape index (κ2) is 11.4. The molecule has 0 bridgehead atoms. The van der Waals surface area contributed by atoms with Gasteiger partial charge in [0.05, 0.1) is 11.4 Å². The predicted molar refractivity (Wildman–Crippen MR) is 137 cm³/mol. The number of allylic oxidation sites excluding steroid dienone is 4. The number of aromatic nitrogens is 4. The minimum atomic E-state index is -4.48. The standard InChI is InChI=1S/C26H33F4N7/c1-4-19(17-18(2)27)22-32-24(35(3)20-9-6-5-7-10-20)34-25(33-22)37-15-13-36(14-16-37)23-21(26(28,29)30)11-8-12-31-23/h4,8,11-12,17,20H,5-7,9-10,13-16H2,1-3H3/b18-17+,19-4+. The van der Waals surface area contributed by atoms with Gasteiger partial charge in [0.25, 0.3) is 0 Å². The molecule has 0 atom stereocenters. The van der Waals surface area contributed by atoms with Crippen molar-refractivity contribution in [1.29, 1.82) is 0 Å². The summed E-state index contributed by atoms with van der Waals surface area (Å²) in [5.74, 6) is 0.894. The molecule has 0 unspecified atom stereocenters. The van der Waals surface area contributed by atoms with E-state index < -0.39 is 11.7 Å². The van der Waals surface area contributed by atoms with Gasteiger partial charge in [0.15, 0.2) is 5.82 Å². The lowest BCUT2D eigenvalue weighted by Crippen LogP contribution is -2.48. The molecule has 2 aromatic heterocycles. The Kier molecular flexibility index (Phi) is 8.29. The molecule has 3 heterocycles. The van der Waals surface area contributed by atoms with Crippen LogP contribution in [0.1, 0.15) is 57.3 Å². The Morgan fingerprint density at radius 2 is 1.70 bits per heavy atom. The van der Waals surface area contributed by atoms with Gasteiger partial charge >= 0.3 is 6.18 Å². The third kappa shape index (κ3) is 6.37. The molecule has 2 fully saturated rings. The number of piperazine rings is 1. The van der Waals surface area contributed by atoms with E-state index in [0.29, 0.717) is 55.5 Å². The van der Waals surface area contributed by atoms with Crippen LogP contribution >= 0.6 is 0 Å². The van der Waals surface area contributed by atoms with Crippen molar-refractivity contribution in [3.63, 3.8) is 0 Å². The molecule has 37 heavy (non-hydrogen) atoms. The summed E-state index contributed by atoms with van der Waals surface area (Å²) in [6, 6.07) is 2.66. The summed E-state index contributed by atoms with van der Waals surface area (Å²) >= 11 is 0. The van der Waals surface area contributed by atoms with E-state index >= 15 is 0 Å². The van der Waals surface area contributed by atoms with E-state index in [1.165, 1.54) is 31.7 Å².